The van der Waals surface area contributed by atoms with Crippen molar-refractivity contribution in [2.75, 3.05) is 5.32 Å². The molecule has 1 aliphatic rings. The lowest BCUT2D eigenvalue weighted by Gasteiger charge is -2.36. The van der Waals surface area contributed by atoms with Gasteiger partial charge in [-0.1, -0.05) is 43.7 Å². The first-order valence-electron chi connectivity index (χ1n) is 11.4. The highest BCUT2D eigenvalue weighted by atomic mass is 32.1. The lowest BCUT2D eigenvalue weighted by Crippen LogP contribution is -2.57. The molecule has 0 spiro atoms. The molecule has 0 radical (unpaired) electrons. The number of nitrogens with one attached hydrogen (secondary N) is 2. The summed E-state index contributed by atoms with van der Waals surface area (Å²) in [5.74, 6) is -0.666. The maximum Gasteiger partial charge on any atom is 0.408 e. The number of fused-ring (bicyclic) bond motifs is 1. The van der Waals surface area contributed by atoms with Gasteiger partial charge in [-0.25, -0.2) is 4.79 Å². The second-order valence-electron chi connectivity index (χ2n) is 8.18. The highest BCUT2D eigenvalue weighted by Gasteiger charge is 2.39. The quantitative estimate of drug-likeness (QED) is 0.496. The molecule has 35 heavy (non-hydrogen) atoms. The first-order valence-corrected chi connectivity index (χ1v) is 12.4. The van der Waals surface area contributed by atoms with Crippen molar-refractivity contribution in [1.29, 1.82) is 0 Å². The zero-order chi connectivity index (χ0) is 24.6. The van der Waals surface area contributed by atoms with E-state index in [1.54, 1.807) is 18.5 Å². The van der Waals surface area contributed by atoms with Gasteiger partial charge in [0.2, 0.25) is 11.8 Å². The summed E-state index contributed by atoms with van der Waals surface area (Å²) in [5, 5.41) is 9.26. The van der Waals surface area contributed by atoms with Crippen LogP contribution >= 0.6 is 11.3 Å². The summed E-state index contributed by atoms with van der Waals surface area (Å²) in [4.78, 5) is 49.5. The number of benzene rings is 1. The number of rotatable bonds is 8. The van der Waals surface area contributed by atoms with Gasteiger partial charge < -0.3 is 20.3 Å². The number of carbonyl (C=O) groups is 3. The number of hydrogen-bond donors (Lipinski definition) is 2. The van der Waals surface area contributed by atoms with E-state index in [4.69, 9.17) is 4.74 Å². The number of ether oxygens (including phenoxy) is 1. The molecule has 3 amide bonds. The molecule has 1 aliphatic heterocycles. The van der Waals surface area contributed by atoms with Gasteiger partial charge in [-0.05, 0) is 23.4 Å². The maximum atomic E-state index is 13.7. The number of aromatic nitrogens is 2. The van der Waals surface area contributed by atoms with E-state index in [0.29, 0.717) is 29.9 Å². The van der Waals surface area contributed by atoms with Crippen molar-refractivity contribution in [2.24, 2.45) is 0 Å². The Kier molecular flexibility index (Phi) is 8.04. The lowest BCUT2D eigenvalue weighted by molar-refractivity contribution is -0.142. The van der Waals surface area contributed by atoms with Gasteiger partial charge in [0.05, 0.1) is 23.6 Å². The van der Waals surface area contributed by atoms with Gasteiger partial charge in [0, 0.05) is 24.2 Å². The van der Waals surface area contributed by atoms with Crippen molar-refractivity contribution in [1.82, 2.24) is 20.2 Å². The Morgan fingerprint density at radius 2 is 1.91 bits per heavy atom. The van der Waals surface area contributed by atoms with Crippen LogP contribution in [0.5, 0.6) is 0 Å². The van der Waals surface area contributed by atoms with Crippen molar-refractivity contribution < 1.29 is 19.1 Å². The SMILES string of the molecule is CCCC(NC(=O)OCc1ccccc1)C(=O)N1Cc2nccnc2C[C@@H]1C(=O)Nc1ccsc1. The molecule has 10 heteroatoms. The topological polar surface area (TPSA) is 114 Å². The summed E-state index contributed by atoms with van der Waals surface area (Å²) in [6, 6.07) is 9.49. The molecular weight excluding hydrogens is 466 g/mol. The molecule has 4 rings (SSSR count). The molecular formula is C25H27N5O4S. The average molecular weight is 494 g/mol. The van der Waals surface area contributed by atoms with Crippen LogP contribution in [0.25, 0.3) is 0 Å². The molecule has 3 heterocycles. The number of thiophene rings is 1. The smallest absolute Gasteiger partial charge is 0.408 e. The summed E-state index contributed by atoms with van der Waals surface area (Å²) in [7, 11) is 0. The first-order chi connectivity index (χ1) is 17.0. The van der Waals surface area contributed by atoms with Gasteiger partial charge >= 0.3 is 6.09 Å². The number of nitrogens with zero attached hydrogens (tertiary/aromatic N) is 3. The van der Waals surface area contributed by atoms with E-state index in [2.05, 4.69) is 20.6 Å². The van der Waals surface area contributed by atoms with Crippen LogP contribution in [0.2, 0.25) is 0 Å². The average Bonchev–Trinajstić information content (AvgIpc) is 3.39. The number of hydrogen-bond acceptors (Lipinski definition) is 7. The molecule has 182 valence electrons. The largest absolute Gasteiger partial charge is 0.445 e. The minimum Gasteiger partial charge on any atom is -0.445 e. The zero-order valence-electron chi connectivity index (χ0n) is 19.3. The van der Waals surface area contributed by atoms with Crippen LogP contribution in [0.1, 0.15) is 36.7 Å². The Balaban J connectivity index is 1.49. The van der Waals surface area contributed by atoms with Crippen molar-refractivity contribution in [2.45, 2.75) is 51.4 Å². The van der Waals surface area contributed by atoms with Crippen LogP contribution in [0.15, 0.2) is 59.6 Å². The molecule has 0 saturated carbocycles. The summed E-state index contributed by atoms with van der Waals surface area (Å²) >= 11 is 1.47. The van der Waals surface area contributed by atoms with Crippen LogP contribution in [-0.2, 0) is 33.9 Å². The first kappa shape index (κ1) is 24.3. The van der Waals surface area contributed by atoms with Gasteiger partial charge in [0.1, 0.15) is 18.7 Å². The van der Waals surface area contributed by atoms with Gasteiger partial charge in [0.15, 0.2) is 0 Å². The van der Waals surface area contributed by atoms with Gasteiger partial charge in [-0.2, -0.15) is 11.3 Å². The van der Waals surface area contributed by atoms with Crippen molar-refractivity contribution in [3.63, 3.8) is 0 Å². The highest BCUT2D eigenvalue weighted by Crippen LogP contribution is 2.23. The van der Waals surface area contributed by atoms with Crippen molar-refractivity contribution in [3.8, 4) is 0 Å². The number of amides is 3. The molecule has 2 atom stereocenters. The fraction of sp³-hybridized carbons (Fsp3) is 0.320. The number of carbonyl (C=O) groups excluding carboxylic acids is 3. The Morgan fingerprint density at radius 1 is 1.14 bits per heavy atom. The second kappa shape index (κ2) is 11.6. The summed E-state index contributed by atoms with van der Waals surface area (Å²) in [6.45, 7) is 2.15. The molecule has 9 nitrogen and oxygen atoms in total. The minimum atomic E-state index is -0.835. The molecule has 2 N–H and O–H groups in total. The number of alkyl carbamates (subject to hydrolysis) is 1. The monoisotopic (exact) mass is 493 g/mol. The van der Waals surface area contributed by atoms with E-state index < -0.39 is 18.2 Å². The van der Waals surface area contributed by atoms with E-state index in [1.165, 1.54) is 16.2 Å². The van der Waals surface area contributed by atoms with Crippen molar-refractivity contribution >= 4 is 34.9 Å². The predicted molar refractivity (Wildman–Crippen MR) is 131 cm³/mol. The normalized spacial score (nSPS) is 15.6. The molecule has 1 unspecified atom stereocenters. The van der Waals surface area contributed by atoms with E-state index in [1.807, 2.05) is 48.0 Å². The summed E-state index contributed by atoms with van der Waals surface area (Å²) in [5.41, 5.74) is 2.84. The standard InChI is InChI=1S/C25H27N5O4S/c1-2-6-19(29-25(33)34-15-17-7-4-3-5-8-17)24(32)30-14-21-20(26-10-11-27-21)13-22(30)23(31)28-18-9-12-35-16-18/h3-5,7-12,16,19,22H,2,6,13-15H2,1H3,(H,28,31)(H,29,33)/t19?,22-/m1/s1. The highest BCUT2D eigenvalue weighted by molar-refractivity contribution is 7.08. The number of anilines is 1. The van der Waals surface area contributed by atoms with Crippen LogP contribution in [0, 0.1) is 0 Å². The Labute approximate surface area is 207 Å². The molecule has 0 fully saturated rings. The third-order valence-electron chi connectivity index (χ3n) is 5.70. The zero-order valence-corrected chi connectivity index (χ0v) is 20.2. The Hall–Kier alpha value is -3.79. The third kappa shape index (κ3) is 6.21. The van der Waals surface area contributed by atoms with Crippen LogP contribution in [0.4, 0.5) is 10.5 Å². The lowest BCUT2D eigenvalue weighted by atomic mass is 9.99. The van der Waals surface area contributed by atoms with Gasteiger partial charge in [-0.15, -0.1) is 0 Å². The van der Waals surface area contributed by atoms with Crippen LogP contribution in [0.3, 0.4) is 0 Å². The Bertz CT molecular complexity index is 1160. The third-order valence-corrected chi connectivity index (χ3v) is 6.38. The predicted octanol–water partition coefficient (Wildman–Crippen LogP) is 3.53. The van der Waals surface area contributed by atoms with E-state index in [-0.39, 0.29) is 31.4 Å². The van der Waals surface area contributed by atoms with E-state index >= 15 is 0 Å². The summed E-state index contributed by atoms with van der Waals surface area (Å²) < 4.78 is 5.32. The van der Waals surface area contributed by atoms with Crippen molar-refractivity contribution in [3.05, 3.63) is 76.5 Å². The molecule has 1 aromatic carbocycles. The fourth-order valence-electron chi connectivity index (χ4n) is 3.94. The van der Waals surface area contributed by atoms with E-state index in [9.17, 15) is 14.4 Å². The summed E-state index contributed by atoms with van der Waals surface area (Å²) in [6.07, 6.45) is 3.76. The molecule has 0 aliphatic carbocycles. The molecule has 3 aromatic rings. The second-order valence-corrected chi connectivity index (χ2v) is 8.96. The van der Waals surface area contributed by atoms with E-state index in [0.717, 1.165) is 5.56 Å². The van der Waals surface area contributed by atoms with Gasteiger partial charge in [0.25, 0.3) is 0 Å². The minimum absolute atomic E-state index is 0.0953. The van der Waals surface area contributed by atoms with Crippen LogP contribution in [-0.4, -0.2) is 44.9 Å². The Morgan fingerprint density at radius 3 is 2.63 bits per heavy atom. The molecule has 2 aromatic heterocycles. The van der Waals surface area contributed by atoms with Gasteiger partial charge in [-0.3, -0.25) is 19.6 Å². The molecule has 0 bridgehead atoms. The molecule has 0 saturated heterocycles. The maximum absolute atomic E-state index is 13.7. The fourth-order valence-corrected chi connectivity index (χ4v) is 4.53. The van der Waals surface area contributed by atoms with Crippen LogP contribution < -0.4 is 10.6 Å².